The molecule has 0 aromatic heterocycles. The Kier molecular flexibility index (Phi) is 8.46. The van der Waals surface area contributed by atoms with Gasteiger partial charge >= 0.3 is 17.9 Å². The number of carbonyl (C=O) groups excluding carboxylic acids is 4. The van der Waals surface area contributed by atoms with E-state index in [-0.39, 0.29) is 13.0 Å². The summed E-state index contributed by atoms with van der Waals surface area (Å²) < 4.78 is 20.6. The molecule has 26 heavy (non-hydrogen) atoms. The lowest BCUT2D eigenvalue weighted by Gasteiger charge is -2.43. The number of rotatable bonds is 7. The van der Waals surface area contributed by atoms with Crippen LogP contribution in [0.25, 0.3) is 0 Å². The molecule has 0 aromatic rings. The molecule has 5 atom stereocenters. The van der Waals surface area contributed by atoms with Crippen LogP contribution in [0.2, 0.25) is 0 Å². The molecule has 1 rings (SSSR count). The standard InChI is InChI=1S/C16H25NO9/c1-5-6-12(21)17-13-15(25-10(4)20)14(24-9(3)19)11(26-16(13)22)7-23-8(2)18/h11,13-16,22H,5-7H2,1-4H3,(H,17,21)/t11-,13-,14-,15-,16?/m1/s1. The van der Waals surface area contributed by atoms with Crippen LogP contribution in [0.3, 0.4) is 0 Å². The van der Waals surface area contributed by atoms with E-state index < -0.39 is 54.5 Å². The molecule has 1 heterocycles. The molecule has 1 unspecified atom stereocenters. The Balaban J connectivity index is 3.10. The molecule has 1 saturated heterocycles. The number of nitrogens with one attached hydrogen (secondary N) is 1. The summed E-state index contributed by atoms with van der Waals surface area (Å²) in [5, 5.41) is 12.8. The largest absolute Gasteiger partial charge is 0.463 e. The Hall–Kier alpha value is -2.20. The second-order valence-corrected chi connectivity index (χ2v) is 5.86. The topological polar surface area (TPSA) is 137 Å². The first-order valence-electron chi connectivity index (χ1n) is 8.26. The molecule has 2 N–H and O–H groups in total. The predicted octanol–water partition coefficient (Wildman–Crippen LogP) is -0.585. The van der Waals surface area contributed by atoms with Crippen molar-refractivity contribution in [3.8, 4) is 0 Å². The fraction of sp³-hybridized carbons (Fsp3) is 0.750. The van der Waals surface area contributed by atoms with Gasteiger partial charge < -0.3 is 29.4 Å². The van der Waals surface area contributed by atoms with Crippen molar-refractivity contribution in [2.75, 3.05) is 6.61 Å². The van der Waals surface area contributed by atoms with Gasteiger partial charge in [0.1, 0.15) is 18.8 Å². The van der Waals surface area contributed by atoms with E-state index in [1.54, 1.807) is 6.92 Å². The fourth-order valence-corrected chi connectivity index (χ4v) is 2.56. The Labute approximate surface area is 151 Å². The third-order valence-corrected chi connectivity index (χ3v) is 3.53. The number of esters is 3. The van der Waals surface area contributed by atoms with Crippen LogP contribution in [-0.4, -0.2) is 66.2 Å². The van der Waals surface area contributed by atoms with Crippen LogP contribution < -0.4 is 5.32 Å². The van der Waals surface area contributed by atoms with E-state index >= 15 is 0 Å². The summed E-state index contributed by atoms with van der Waals surface area (Å²) in [5.74, 6) is -2.40. The number of hydrogen-bond acceptors (Lipinski definition) is 9. The van der Waals surface area contributed by atoms with Crippen molar-refractivity contribution in [2.24, 2.45) is 0 Å². The first-order chi connectivity index (χ1) is 12.1. The molecule has 1 aliphatic rings. The summed E-state index contributed by atoms with van der Waals surface area (Å²) in [4.78, 5) is 45.9. The average Bonchev–Trinajstić information content (AvgIpc) is 2.51. The van der Waals surface area contributed by atoms with Gasteiger partial charge in [0, 0.05) is 27.2 Å². The monoisotopic (exact) mass is 375 g/mol. The van der Waals surface area contributed by atoms with Crippen molar-refractivity contribution < 1.29 is 43.2 Å². The van der Waals surface area contributed by atoms with Gasteiger partial charge in [-0.1, -0.05) is 6.92 Å². The third-order valence-electron chi connectivity index (χ3n) is 3.53. The number of amides is 1. The average molecular weight is 375 g/mol. The van der Waals surface area contributed by atoms with Crippen molar-refractivity contribution in [3.05, 3.63) is 0 Å². The van der Waals surface area contributed by atoms with Crippen LogP contribution in [0, 0.1) is 0 Å². The van der Waals surface area contributed by atoms with E-state index in [0.29, 0.717) is 6.42 Å². The summed E-state index contributed by atoms with van der Waals surface area (Å²) in [6.07, 6.45) is -4.30. The molecular weight excluding hydrogens is 350 g/mol. The van der Waals surface area contributed by atoms with E-state index in [1.807, 2.05) is 0 Å². The lowest BCUT2D eigenvalue weighted by atomic mass is 9.96. The molecular formula is C16H25NO9. The van der Waals surface area contributed by atoms with Crippen molar-refractivity contribution in [1.82, 2.24) is 5.32 Å². The molecule has 0 bridgehead atoms. The van der Waals surface area contributed by atoms with Crippen LogP contribution in [0.15, 0.2) is 0 Å². The highest BCUT2D eigenvalue weighted by atomic mass is 16.7. The maximum absolute atomic E-state index is 11.9. The first kappa shape index (κ1) is 21.8. The van der Waals surface area contributed by atoms with Gasteiger partial charge in [-0.2, -0.15) is 0 Å². The number of hydrogen-bond donors (Lipinski definition) is 2. The van der Waals surface area contributed by atoms with Crippen LogP contribution >= 0.6 is 0 Å². The Morgan fingerprint density at radius 3 is 2.08 bits per heavy atom. The molecule has 1 aliphatic heterocycles. The second kappa shape index (κ2) is 10.1. The molecule has 0 aliphatic carbocycles. The van der Waals surface area contributed by atoms with Crippen molar-refractivity contribution in [2.45, 2.75) is 71.2 Å². The van der Waals surface area contributed by atoms with Crippen LogP contribution in [0.1, 0.15) is 40.5 Å². The minimum absolute atomic E-state index is 0.186. The number of carbonyl (C=O) groups is 4. The SMILES string of the molecule is CCCC(=O)N[C@H]1C(O)O[C@H](COC(C)=O)[C@@H](OC(C)=O)[C@@H]1OC(C)=O. The van der Waals surface area contributed by atoms with Crippen LogP contribution in [-0.2, 0) is 38.1 Å². The van der Waals surface area contributed by atoms with Gasteiger partial charge in [-0.15, -0.1) is 0 Å². The van der Waals surface area contributed by atoms with E-state index in [9.17, 15) is 24.3 Å². The van der Waals surface area contributed by atoms with E-state index in [4.69, 9.17) is 18.9 Å². The third kappa shape index (κ3) is 6.60. The summed E-state index contributed by atoms with van der Waals surface area (Å²) in [7, 11) is 0. The lowest BCUT2D eigenvalue weighted by molar-refractivity contribution is -0.264. The Morgan fingerprint density at radius 1 is 1.00 bits per heavy atom. The van der Waals surface area contributed by atoms with Gasteiger partial charge in [-0.25, -0.2) is 0 Å². The smallest absolute Gasteiger partial charge is 0.303 e. The van der Waals surface area contributed by atoms with E-state index in [2.05, 4.69) is 5.32 Å². The Bertz CT molecular complexity index is 536. The minimum atomic E-state index is -1.56. The summed E-state index contributed by atoms with van der Waals surface area (Å²) in [6.45, 7) is 4.92. The summed E-state index contributed by atoms with van der Waals surface area (Å²) >= 11 is 0. The lowest BCUT2D eigenvalue weighted by Crippen LogP contribution is -2.66. The van der Waals surface area contributed by atoms with Gasteiger partial charge in [0.15, 0.2) is 18.5 Å². The fourth-order valence-electron chi connectivity index (χ4n) is 2.56. The normalized spacial score (nSPS) is 28.0. The maximum Gasteiger partial charge on any atom is 0.303 e. The van der Waals surface area contributed by atoms with Gasteiger partial charge in [0.2, 0.25) is 5.91 Å². The number of ether oxygens (including phenoxy) is 4. The zero-order chi connectivity index (χ0) is 19.9. The molecule has 1 amide bonds. The molecule has 148 valence electrons. The van der Waals surface area contributed by atoms with Crippen molar-refractivity contribution in [1.29, 1.82) is 0 Å². The number of aliphatic hydroxyl groups is 1. The molecule has 10 heteroatoms. The van der Waals surface area contributed by atoms with E-state index in [0.717, 1.165) is 13.8 Å². The highest BCUT2D eigenvalue weighted by Crippen LogP contribution is 2.26. The molecule has 0 saturated carbocycles. The molecule has 10 nitrogen and oxygen atoms in total. The van der Waals surface area contributed by atoms with Crippen LogP contribution in [0.4, 0.5) is 0 Å². The van der Waals surface area contributed by atoms with Crippen LogP contribution in [0.5, 0.6) is 0 Å². The van der Waals surface area contributed by atoms with Gasteiger partial charge in [-0.3, -0.25) is 19.2 Å². The highest BCUT2D eigenvalue weighted by molar-refractivity contribution is 5.76. The zero-order valence-electron chi connectivity index (χ0n) is 15.2. The van der Waals surface area contributed by atoms with Gasteiger partial charge in [-0.05, 0) is 6.42 Å². The van der Waals surface area contributed by atoms with Crippen molar-refractivity contribution in [3.63, 3.8) is 0 Å². The van der Waals surface area contributed by atoms with Crippen molar-refractivity contribution >= 4 is 23.8 Å². The highest BCUT2D eigenvalue weighted by Gasteiger charge is 2.50. The molecule has 0 radical (unpaired) electrons. The minimum Gasteiger partial charge on any atom is -0.463 e. The zero-order valence-corrected chi connectivity index (χ0v) is 15.2. The number of aliphatic hydroxyl groups excluding tert-OH is 1. The predicted molar refractivity (Wildman–Crippen MR) is 85.5 cm³/mol. The second-order valence-electron chi connectivity index (χ2n) is 5.86. The summed E-state index contributed by atoms with van der Waals surface area (Å²) in [6, 6.07) is -1.16. The summed E-state index contributed by atoms with van der Waals surface area (Å²) in [5.41, 5.74) is 0. The molecule has 0 spiro atoms. The Morgan fingerprint density at radius 2 is 1.58 bits per heavy atom. The van der Waals surface area contributed by atoms with Gasteiger partial charge in [0.25, 0.3) is 0 Å². The first-order valence-corrected chi connectivity index (χ1v) is 8.26. The molecule has 0 aromatic carbocycles. The maximum atomic E-state index is 11.9. The van der Waals surface area contributed by atoms with Gasteiger partial charge in [0.05, 0.1) is 0 Å². The quantitative estimate of drug-likeness (QED) is 0.442. The molecule has 1 fully saturated rings. The van der Waals surface area contributed by atoms with E-state index in [1.165, 1.54) is 6.92 Å².